The molecule has 2 aromatic heterocycles. The van der Waals surface area contributed by atoms with E-state index in [0.29, 0.717) is 36.3 Å². The Morgan fingerprint density at radius 2 is 1.92 bits per heavy atom. The first-order valence-corrected chi connectivity index (χ1v) is 7.75. The summed E-state index contributed by atoms with van der Waals surface area (Å²) in [6, 6.07) is 2.95. The lowest BCUT2D eigenvalue weighted by Gasteiger charge is -2.31. The third-order valence-electron chi connectivity index (χ3n) is 4.01. The average Bonchev–Trinajstić information content (AvgIpc) is 3.03. The highest BCUT2D eigenvalue weighted by molar-refractivity contribution is 5.80. The molecule has 3 heterocycles. The Bertz CT molecular complexity index is 829. The number of ether oxygens (including phenoxy) is 1. The minimum Gasteiger partial charge on any atom is -0.455 e. The summed E-state index contributed by atoms with van der Waals surface area (Å²) >= 11 is 0. The van der Waals surface area contributed by atoms with E-state index in [2.05, 4.69) is 15.3 Å². The van der Waals surface area contributed by atoms with Crippen LogP contribution in [0.3, 0.4) is 0 Å². The van der Waals surface area contributed by atoms with E-state index in [9.17, 15) is 22.8 Å². The summed E-state index contributed by atoms with van der Waals surface area (Å²) in [6.07, 6.45) is -3.82. The van der Waals surface area contributed by atoms with Gasteiger partial charge in [-0.15, -0.1) is 15.3 Å². The molecular formula is C14H15F3N6O3. The van der Waals surface area contributed by atoms with Gasteiger partial charge < -0.3 is 15.4 Å². The Kier molecular flexibility index (Phi) is 4.66. The number of primary amides is 1. The second kappa shape index (κ2) is 6.77. The van der Waals surface area contributed by atoms with E-state index >= 15 is 0 Å². The van der Waals surface area contributed by atoms with Crippen molar-refractivity contribution in [1.29, 1.82) is 0 Å². The molecule has 9 nitrogen and oxygen atoms in total. The number of rotatable bonds is 4. The van der Waals surface area contributed by atoms with Gasteiger partial charge in [-0.25, -0.2) is 0 Å². The molecular weight excluding hydrogens is 357 g/mol. The lowest BCUT2D eigenvalue weighted by atomic mass is 9.97. The molecule has 0 aliphatic carbocycles. The van der Waals surface area contributed by atoms with Crippen LogP contribution in [0.4, 0.5) is 19.0 Å². The van der Waals surface area contributed by atoms with Crippen LogP contribution in [-0.2, 0) is 20.5 Å². The third-order valence-corrected chi connectivity index (χ3v) is 4.01. The zero-order valence-corrected chi connectivity index (χ0v) is 13.4. The van der Waals surface area contributed by atoms with Crippen molar-refractivity contribution in [2.75, 3.05) is 24.6 Å². The molecule has 0 saturated carbocycles. The lowest BCUT2D eigenvalue weighted by Crippen LogP contribution is -2.38. The van der Waals surface area contributed by atoms with E-state index in [1.54, 1.807) is 11.0 Å². The molecule has 1 amide bonds. The monoisotopic (exact) mass is 372 g/mol. The maximum Gasteiger partial charge on any atom is 0.453 e. The number of nitrogens with zero attached hydrogens (tertiary/aromatic N) is 5. The molecule has 1 aliphatic heterocycles. The molecule has 1 aliphatic rings. The van der Waals surface area contributed by atoms with Gasteiger partial charge in [0.1, 0.15) is 5.82 Å². The molecule has 2 N–H and O–H groups in total. The molecule has 0 spiro atoms. The quantitative estimate of drug-likeness (QED) is 0.772. The molecule has 1 fully saturated rings. The number of halogens is 3. The van der Waals surface area contributed by atoms with E-state index in [0.717, 1.165) is 0 Å². The predicted octanol–water partition coefficient (Wildman–Crippen LogP) is 0.388. The summed E-state index contributed by atoms with van der Waals surface area (Å²) in [5, 5.41) is 10.6. The van der Waals surface area contributed by atoms with Gasteiger partial charge in [-0.1, -0.05) is 0 Å². The topological polar surface area (TPSA) is 116 Å². The SMILES string of the molecule is NC(=O)COC(=O)C1CCN(c2ccc3nnc(C(F)(F)F)n3n2)CC1. The van der Waals surface area contributed by atoms with Crippen molar-refractivity contribution >= 4 is 23.3 Å². The number of aromatic nitrogens is 4. The fraction of sp³-hybridized carbons (Fsp3) is 0.500. The number of carbonyl (C=O) groups excluding carboxylic acids is 2. The van der Waals surface area contributed by atoms with Crippen molar-refractivity contribution in [3.05, 3.63) is 18.0 Å². The Morgan fingerprint density at radius 1 is 1.23 bits per heavy atom. The first kappa shape index (κ1) is 17.9. The Morgan fingerprint density at radius 3 is 2.54 bits per heavy atom. The highest BCUT2D eigenvalue weighted by Gasteiger charge is 2.38. The van der Waals surface area contributed by atoms with Crippen molar-refractivity contribution in [1.82, 2.24) is 19.8 Å². The van der Waals surface area contributed by atoms with Gasteiger partial charge >= 0.3 is 12.1 Å². The van der Waals surface area contributed by atoms with Gasteiger partial charge in [0.25, 0.3) is 11.7 Å². The second-order valence-electron chi connectivity index (χ2n) is 5.82. The summed E-state index contributed by atoms with van der Waals surface area (Å²) in [5.74, 6) is -2.51. The van der Waals surface area contributed by atoms with Crippen LogP contribution >= 0.6 is 0 Å². The van der Waals surface area contributed by atoms with Gasteiger partial charge in [0, 0.05) is 13.1 Å². The minimum absolute atomic E-state index is 0.00834. The highest BCUT2D eigenvalue weighted by Crippen LogP contribution is 2.28. The van der Waals surface area contributed by atoms with Crippen LogP contribution in [0.1, 0.15) is 18.7 Å². The smallest absolute Gasteiger partial charge is 0.453 e. The summed E-state index contributed by atoms with van der Waals surface area (Å²) < 4.78 is 44.2. The highest BCUT2D eigenvalue weighted by atomic mass is 19.4. The molecule has 2 aromatic rings. The van der Waals surface area contributed by atoms with Crippen LogP contribution in [0, 0.1) is 5.92 Å². The molecule has 0 aromatic carbocycles. The minimum atomic E-state index is -4.66. The van der Waals surface area contributed by atoms with Crippen molar-refractivity contribution in [2.45, 2.75) is 19.0 Å². The number of piperidine rings is 1. The maximum atomic E-state index is 12.9. The van der Waals surface area contributed by atoms with E-state index in [-0.39, 0.29) is 5.65 Å². The number of amides is 1. The Labute approximate surface area is 144 Å². The number of alkyl halides is 3. The number of esters is 1. The molecule has 0 radical (unpaired) electrons. The zero-order chi connectivity index (χ0) is 18.9. The van der Waals surface area contributed by atoms with Crippen molar-refractivity contribution in [3.63, 3.8) is 0 Å². The Balaban J connectivity index is 1.69. The first-order valence-electron chi connectivity index (χ1n) is 7.75. The van der Waals surface area contributed by atoms with Gasteiger partial charge in [0.15, 0.2) is 12.3 Å². The zero-order valence-electron chi connectivity index (χ0n) is 13.4. The standard InChI is InChI=1S/C14H15F3N6O3/c15-14(16,17)13-20-19-10-1-2-11(21-23(10)13)22-5-3-8(4-6-22)12(25)26-7-9(18)24/h1-2,8H,3-7H2,(H2,18,24). The maximum absolute atomic E-state index is 12.9. The molecule has 0 unspecified atom stereocenters. The van der Waals surface area contributed by atoms with Gasteiger partial charge in [-0.2, -0.15) is 17.7 Å². The largest absolute Gasteiger partial charge is 0.455 e. The number of nitrogens with two attached hydrogens (primary N) is 1. The van der Waals surface area contributed by atoms with Crippen LogP contribution in [-0.4, -0.2) is 51.4 Å². The number of fused-ring (bicyclic) bond motifs is 1. The number of carbonyl (C=O) groups is 2. The number of anilines is 1. The molecule has 3 rings (SSSR count). The molecule has 1 saturated heterocycles. The van der Waals surface area contributed by atoms with E-state index in [1.165, 1.54) is 6.07 Å². The van der Waals surface area contributed by atoms with Gasteiger partial charge in [-0.05, 0) is 25.0 Å². The van der Waals surface area contributed by atoms with E-state index < -0.39 is 36.4 Å². The van der Waals surface area contributed by atoms with Crippen LogP contribution in [0.5, 0.6) is 0 Å². The van der Waals surface area contributed by atoms with Crippen LogP contribution in [0.15, 0.2) is 12.1 Å². The summed E-state index contributed by atoms with van der Waals surface area (Å²) in [7, 11) is 0. The lowest BCUT2D eigenvalue weighted by molar-refractivity contribution is -0.152. The fourth-order valence-electron chi connectivity index (χ4n) is 2.73. The molecule has 0 atom stereocenters. The van der Waals surface area contributed by atoms with Gasteiger partial charge in [0.05, 0.1) is 5.92 Å². The first-order chi connectivity index (χ1) is 12.3. The Hall–Kier alpha value is -2.92. The summed E-state index contributed by atoms with van der Waals surface area (Å²) in [6.45, 7) is 0.335. The van der Waals surface area contributed by atoms with Crippen molar-refractivity contribution < 1.29 is 27.5 Å². The average molecular weight is 372 g/mol. The van der Waals surface area contributed by atoms with Crippen LogP contribution < -0.4 is 10.6 Å². The molecule has 0 bridgehead atoms. The third kappa shape index (κ3) is 3.68. The van der Waals surface area contributed by atoms with Crippen molar-refractivity contribution in [2.24, 2.45) is 11.7 Å². The fourth-order valence-corrected chi connectivity index (χ4v) is 2.73. The van der Waals surface area contributed by atoms with Crippen molar-refractivity contribution in [3.8, 4) is 0 Å². The summed E-state index contributed by atoms with van der Waals surface area (Å²) in [5.41, 5.74) is 4.91. The van der Waals surface area contributed by atoms with Gasteiger partial charge in [0.2, 0.25) is 0 Å². The normalized spacial score (nSPS) is 16.0. The van der Waals surface area contributed by atoms with Crippen LogP contribution in [0.25, 0.3) is 5.65 Å². The van der Waals surface area contributed by atoms with E-state index in [4.69, 9.17) is 10.5 Å². The number of hydrogen-bond donors (Lipinski definition) is 1. The molecule has 26 heavy (non-hydrogen) atoms. The van der Waals surface area contributed by atoms with Gasteiger partial charge in [-0.3, -0.25) is 9.59 Å². The predicted molar refractivity (Wildman–Crippen MR) is 80.9 cm³/mol. The second-order valence-corrected chi connectivity index (χ2v) is 5.82. The molecule has 12 heteroatoms. The molecule has 140 valence electrons. The van der Waals surface area contributed by atoms with Crippen LogP contribution in [0.2, 0.25) is 0 Å². The number of hydrogen-bond acceptors (Lipinski definition) is 7. The van der Waals surface area contributed by atoms with E-state index in [1.807, 2.05) is 0 Å². The summed E-state index contributed by atoms with van der Waals surface area (Å²) in [4.78, 5) is 24.2.